The number of carbonyl (C=O) groups is 3. The number of para-hydroxylation sites is 1. The molecule has 14 rings (SSSR count). The number of aromatic amines is 1. The molecule has 109 heavy (non-hydrogen) atoms. The predicted octanol–water partition coefficient (Wildman–Crippen LogP) is 19.7. The van der Waals surface area contributed by atoms with Crippen molar-refractivity contribution in [3.63, 3.8) is 0 Å². The average Bonchev–Trinajstić information content (AvgIpc) is 1.65. The number of sulfone groups is 1. The summed E-state index contributed by atoms with van der Waals surface area (Å²) in [6, 6.07) is 51.7. The number of aliphatic hydroxyl groups is 1. The number of aromatic nitrogens is 5. The summed E-state index contributed by atoms with van der Waals surface area (Å²) in [5.74, 6) is -0.791. The molecule has 1 atom stereocenters. The smallest absolute Gasteiger partial charge is 0.269 e. The van der Waals surface area contributed by atoms with Gasteiger partial charge in [0, 0.05) is 108 Å². The molecule has 19 nitrogen and oxygen atoms in total. The van der Waals surface area contributed by atoms with Gasteiger partial charge in [-0.15, -0.1) is 23.7 Å². The summed E-state index contributed by atoms with van der Waals surface area (Å²) < 4.78 is 38.1. The van der Waals surface area contributed by atoms with Crippen LogP contribution in [0.1, 0.15) is 115 Å². The van der Waals surface area contributed by atoms with E-state index in [1.807, 2.05) is 81.3 Å². The fourth-order valence-corrected chi connectivity index (χ4v) is 16.8. The molecular formula is C83H85Br2Cl3N12O7S2. The van der Waals surface area contributed by atoms with E-state index in [1.54, 1.807) is 65.9 Å². The molecule has 2 fully saturated rings. The topological polar surface area (TPSA) is 244 Å². The molecule has 3 aliphatic heterocycles. The van der Waals surface area contributed by atoms with Gasteiger partial charge in [0.2, 0.25) is 0 Å². The highest BCUT2D eigenvalue weighted by atomic mass is 79.9. The largest absolute Gasteiger partial charge is 0.511 e. The van der Waals surface area contributed by atoms with Crippen LogP contribution in [0.3, 0.4) is 0 Å². The number of halogens is 5. The van der Waals surface area contributed by atoms with E-state index in [0.717, 1.165) is 112 Å². The maximum Gasteiger partial charge on any atom is 0.269 e. The number of anilines is 4. The molecule has 0 bridgehead atoms. The number of aryl methyl sites for hydroxylation is 2. The van der Waals surface area contributed by atoms with E-state index in [-0.39, 0.29) is 62.3 Å². The van der Waals surface area contributed by atoms with Gasteiger partial charge in [0.05, 0.1) is 56.3 Å². The first-order chi connectivity index (χ1) is 52.1. The summed E-state index contributed by atoms with van der Waals surface area (Å²) in [6.07, 6.45) is 14.0. The molecule has 566 valence electrons. The highest BCUT2D eigenvalue weighted by Crippen LogP contribution is 2.39. The number of nitrogens with one attached hydrogen (secondary N) is 4. The van der Waals surface area contributed by atoms with Crippen molar-refractivity contribution in [1.29, 1.82) is 5.26 Å². The molecule has 11 aromatic rings. The zero-order valence-electron chi connectivity index (χ0n) is 61.2. The third-order valence-corrected chi connectivity index (χ3v) is 23.0. The van der Waals surface area contributed by atoms with Crippen LogP contribution in [0.25, 0.3) is 39.6 Å². The van der Waals surface area contributed by atoms with Crippen LogP contribution < -0.4 is 26.0 Å². The highest BCUT2D eigenvalue weighted by Gasteiger charge is 2.35. The Morgan fingerprint density at radius 1 is 0.853 bits per heavy atom. The number of amides is 3. The van der Waals surface area contributed by atoms with Crippen molar-refractivity contribution in [1.82, 2.24) is 33.7 Å². The monoisotopic (exact) mass is 1690 g/mol. The van der Waals surface area contributed by atoms with Crippen LogP contribution in [0.4, 0.5) is 22.2 Å². The van der Waals surface area contributed by atoms with Gasteiger partial charge in [-0.2, -0.15) is 5.26 Å². The lowest BCUT2D eigenvalue weighted by atomic mass is 10.0. The molecule has 3 amide bonds. The lowest BCUT2D eigenvalue weighted by Crippen LogP contribution is -2.42. The van der Waals surface area contributed by atoms with Gasteiger partial charge in [0.25, 0.3) is 17.7 Å². The Hall–Kier alpha value is -9.35. The van der Waals surface area contributed by atoms with Crippen LogP contribution >= 0.6 is 78.8 Å². The van der Waals surface area contributed by atoms with Gasteiger partial charge in [0.15, 0.2) is 20.5 Å². The lowest BCUT2D eigenvalue weighted by Gasteiger charge is -2.28. The third-order valence-electron chi connectivity index (χ3n) is 18.7. The molecule has 2 saturated heterocycles. The Labute approximate surface area is 672 Å². The molecule has 26 heteroatoms. The summed E-state index contributed by atoms with van der Waals surface area (Å²) in [4.78, 5) is 60.6. The minimum Gasteiger partial charge on any atom is -0.511 e. The van der Waals surface area contributed by atoms with Crippen LogP contribution in [0.5, 0.6) is 5.75 Å². The summed E-state index contributed by atoms with van der Waals surface area (Å²) in [7, 11) is -3.84. The van der Waals surface area contributed by atoms with Crippen molar-refractivity contribution < 1.29 is 32.6 Å². The minimum absolute atomic E-state index is 0. The molecule has 5 N–H and O–H groups in total. The molecule has 3 aliphatic rings. The van der Waals surface area contributed by atoms with Gasteiger partial charge < -0.3 is 45.1 Å². The number of aliphatic hydroxyl groups excluding tert-OH is 1. The van der Waals surface area contributed by atoms with Gasteiger partial charge in [-0.3, -0.25) is 23.8 Å². The van der Waals surface area contributed by atoms with E-state index < -0.39 is 15.7 Å². The number of fused-ring (bicyclic) bond motifs is 3. The average molecular weight is 1690 g/mol. The van der Waals surface area contributed by atoms with Crippen molar-refractivity contribution >= 4 is 157 Å². The highest BCUT2D eigenvalue weighted by molar-refractivity contribution is 9.11. The van der Waals surface area contributed by atoms with Crippen LogP contribution in [-0.2, 0) is 31.7 Å². The number of nitriles is 1. The number of allylic oxidation sites excluding steroid dienone is 1. The fourth-order valence-electron chi connectivity index (χ4n) is 13.3. The number of carbonyl (C=O) groups excluding carboxylic acids is 3. The maximum absolute atomic E-state index is 13.8. The van der Waals surface area contributed by atoms with Gasteiger partial charge in [-0.25, -0.2) is 18.4 Å². The first kappa shape index (κ1) is 82.2. The SMILES string of the molecule is C/C(O)=C(\C#N)C(=O)Nc1cc(Br)ccc1Br.CCCCCN=c1ccn(Cc2ccccc2)c2ccccc12.CCOc1ccc(Nc2nc(-c3c(C)nc4ccccn34)cs2)cc1.Cc1[nH]c(/C=C2\C(=O)Nc3ccc(S(=O)(=O)Cc4c(Cl)cccc4Cl)cc32)c(C)c1C(=O)N1CCC[C@@H]1CN1CCCC1.Cl. The van der Waals surface area contributed by atoms with Gasteiger partial charge in [-0.1, -0.05) is 120 Å². The number of ether oxygens (including phenoxy) is 1. The number of pyridine rings is 2. The van der Waals surface area contributed by atoms with E-state index in [9.17, 15) is 22.8 Å². The number of imidazole rings is 1. The Morgan fingerprint density at radius 2 is 1.59 bits per heavy atom. The van der Waals surface area contributed by atoms with Crippen LogP contribution in [-0.4, -0.2) is 110 Å². The maximum atomic E-state index is 13.8. The van der Waals surface area contributed by atoms with Crippen molar-refractivity contribution in [2.75, 3.05) is 55.3 Å². The number of rotatable bonds is 20. The van der Waals surface area contributed by atoms with E-state index >= 15 is 0 Å². The molecule has 8 heterocycles. The number of hydrogen-bond donors (Lipinski definition) is 5. The normalized spacial score (nSPS) is 14.6. The Kier molecular flexibility index (Phi) is 28.9. The van der Waals surface area contributed by atoms with Crippen molar-refractivity contribution in [2.24, 2.45) is 4.99 Å². The molecule has 5 aromatic heterocycles. The number of thiazole rings is 1. The molecule has 0 saturated carbocycles. The molecule has 0 spiro atoms. The first-order valence-electron chi connectivity index (χ1n) is 35.8. The number of benzene rings is 6. The summed E-state index contributed by atoms with van der Waals surface area (Å²) in [5.41, 5.74) is 12.0. The molecule has 0 aliphatic carbocycles. The molecular weight excluding hydrogens is 1610 g/mol. The summed E-state index contributed by atoms with van der Waals surface area (Å²) in [5, 5.41) is 32.4. The lowest BCUT2D eigenvalue weighted by molar-refractivity contribution is -0.113. The third kappa shape index (κ3) is 20.6. The number of hydrogen-bond acceptors (Lipinski definition) is 14. The Morgan fingerprint density at radius 3 is 2.31 bits per heavy atom. The quantitative estimate of drug-likeness (QED) is 0.0207. The zero-order valence-corrected chi connectivity index (χ0v) is 68.3. The number of nitrogens with zero attached hydrogens (tertiary/aromatic N) is 8. The van der Waals surface area contributed by atoms with Crippen molar-refractivity contribution in [2.45, 2.75) is 110 Å². The predicted molar refractivity (Wildman–Crippen MR) is 448 cm³/mol. The summed E-state index contributed by atoms with van der Waals surface area (Å²) >= 11 is 20.6. The van der Waals surface area contributed by atoms with Crippen LogP contribution in [0.15, 0.2) is 206 Å². The van der Waals surface area contributed by atoms with E-state index in [4.69, 9.17) is 48.3 Å². The standard InChI is InChI=1S/C32H34Cl2N4O4S.C21H24N2.C19H18N4OS.C11H8Br2N2O2.ClH/c1-19-29(35-20(2)30(19)32(40)38-14-6-7-21(38)17-37-12-3-4-13-37)16-24-23-15-22(10-11-28(23)36-31(24)39)43(41,42)18-25-26(33)8-5-9-27(25)34;1-2-3-9-15-22-20-14-16-23(17-18-10-5-4-6-11-18)21-13-8-7-12-19(20)21;1-3-24-15-9-7-14(8-10-15)21-19-22-16(12-25-19)18-13(2)20-17-6-4-5-11-23(17)18;1-6(16)8(5-14)11(17)15-10-4-7(12)2-3-9(10)13;/h5,8-11,15-16,21,35H,3-4,6-7,12-14,17-18H2,1-2H3,(H,36,39);4-8,10-14,16H,2-3,9,15,17H2,1H3;4-12H,3H2,1-2H3,(H,21,22);2-4,16H,1H3,(H,15,17);1H/b24-16-;;;8-6-;/t21-;;;;/m1..../s1. The van der Waals surface area contributed by atoms with Crippen molar-refractivity contribution in [3.8, 4) is 23.2 Å². The van der Waals surface area contributed by atoms with E-state index in [2.05, 4.69) is 151 Å². The second-order valence-electron chi connectivity index (χ2n) is 26.3. The van der Waals surface area contributed by atoms with Crippen molar-refractivity contribution in [3.05, 3.63) is 256 Å². The number of likely N-dealkylation sites (tertiary alicyclic amines) is 2. The van der Waals surface area contributed by atoms with E-state index in [1.165, 1.54) is 67.6 Å². The second kappa shape index (κ2) is 38.3. The van der Waals surface area contributed by atoms with E-state index in [0.29, 0.717) is 50.4 Å². The fraction of sp³-hybridized carbons (Fsp3) is 0.265. The molecule has 0 radical (unpaired) electrons. The summed E-state index contributed by atoms with van der Waals surface area (Å²) in [6.45, 7) is 17.6. The molecule has 6 aromatic carbocycles. The van der Waals surface area contributed by atoms with Crippen LogP contribution in [0.2, 0.25) is 10.0 Å². The Balaban J connectivity index is 0.000000165. The van der Waals surface area contributed by atoms with Gasteiger partial charge in [-0.05, 0) is 210 Å². The van der Waals surface area contributed by atoms with Crippen LogP contribution in [0, 0.1) is 32.1 Å². The second-order valence-corrected chi connectivity index (χ2v) is 31.7. The first-order valence-corrected chi connectivity index (χ1v) is 40.6. The zero-order chi connectivity index (χ0) is 76.6. The number of H-pyrrole nitrogens is 1. The number of unbranched alkanes of at least 4 members (excludes halogenated alkanes) is 2. The van der Waals surface area contributed by atoms with Gasteiger partial charge in [0.1, 0.15) is 28.9 Å². The minimum atomic E-state index is -3.84. The molecule has 0 unspecified atom stereocenters. The Bertz CT molecular complexity index is 5380. The van der Waals surface area contributed by atoms with Gasteiger partial charge >= 0.3 is 0 Å².